The molecule has 33 heavy (non-hydrogen) atoms. The number of phenolic OH excluding ortho intramolecular Hbond substituents is 3. The minimum atomic E-state index is 0.345. The first-order valence-electron chi connectivity index (χ1n) is 11.9. The van der Waals surface area contributed by atoms with Crippen LogP contribution in [-0.4, -0.2) is 15.3 Å². The van der Waals surface area contributed by atoms with Crippen molar-refractivity contribution in [2.45, 2.75) is 60.8 Å². The third-order valence-corrected chi connectivity index (χ3v) is 4.75. The Balaban J connectivity index is 0.000000247. The van der Waals surface area contributed by atoms with Crippen LogP contribution in [0.2, 0.25) is 0 Å². The average molecular weight is 451 g/mol. The number of hydrogen-bond donors (Lipinski definition) is 3. The standard InChI is InChI=1S/3C10H14O/c1-8(2)7-9-3-5-10(11)6-4-9;1-8(2)6-9-4-3-5-10(11)7-9;1-8(2)7-9-5-3-4-6-10(9)11/h3-6,8,11H,7H2,1-2H3;3-5,7-8,11H,6H2,1-2H3;3-6,8,11H,7H2,1-2H3. The minimum absolute atomic E-state index is 0.345. The molecule has 0 heterocycles. The molecule has 0 radical (unpaired) electrons. The Morgan fingerprint density at radius 3 is 1.58 bits per heavy atom. The normalized spacial score (nSPS) is 10.5. The molecule has 0 aromatic heterocycles. The van der Waals surface area contributed by atoms with E-state index in [0.717, 1.165) is 24.8 Å². The van der Waals surface area contributed by atoms with Crippen molar-refractivity contribution in [1.29, 1.82) is 0 Å². The third-order valence-electron chi connectivity index (χ3n) is 4.75. The van der Waals surface area contributed by atoms with Gasteiger partial charge < -0.3 is 15.3 Å². The summed E-state index contributed by atoms with van der Waals surface area (Å²) in [5.74, 6) is 3.06. The van der Waals surface area contributed by atoms with E-state index in [4.69, 9.17) is 10.2 Å². The Hall–Kier alpha value is -2.94. The second kappa shape index (κ2) is 15.0. The van der Waals surface area contributed by atoms with Crippen LogP contribution >= 0.6 is 0 Å². The minimum Gasteiger partial charge on any atom is -0.508 e. The molecule has 3 heteroatoms. The molecule has 3 aromatic carbocycles. The summed E-state index contributed by atoms with van der Waals surface area (Å²) < 4.78 is 0. The molecule has 0 fully saturated rings. The van der Waals surface area contributed by atoms with Gasteiger partial charge in [0.25, 0.3) is 0 Å². The molecule has 0 aliphatic carbocycles. The quantitative estimate of drug-likeness (QED) is 0.359. The summed E-state index contributed by atoms with van der Waals surface area (Å²) in [5, 5.41) is 27.5. The summed E-state index contributed by atoms with van der Waals surface area (Å²) in [7, 11) is 0. The summed E-state index contributed by atoms with van der Waals surface area (Å²) in [6.07, 6.45) is 3.07. The van der Waals surface area contributed by atoms with Gasteiger partial charge in [0.2, 0.25) is 0 Å². The molecule has 3 aromatic rings. The van der Waals surface area contributed by atoms with Crippen LogP contribution in [-0.2, 0) is 19.3 Å². The van der Waals surface area contributed by atoms with E-state index in [-0.39, 0.29) is 0 Å². The fraction of sp³-hybridized carbons (Fsp3) is 0.400. The maximum atomic E-state index is 9.36. The van der Waals surface area contributed by atoms with Gasteiger partial charge in [-0.3, -0.25) is 0 Å². The summed E-state index contributed by atoms with van der Waals surface area (Å²) >= 11 is 0. The van der Waals surface area contributed by atoms with Crippen LogP contribution < -0.4 is 0 Å². The van der Waals surface area contributed by atoms with E-state index in [0.29, 0.717) is 35.0 Å². The van der Waals surface area contributed by atoms with Gasteiger partial charge in [-0.05, 0) is 84.0 Å². The van der Waals surface area contributed by atoms with Crippen molar-refractivity contribution in [3.05, 3.63) is 89.5 Å². The molecule has 3 rings (SSSR count). The van der Waals surface area contributed by atoms with E-state index >= 15 is 0 Å². The van der Waals surface area contributed by atoms with Crippen LogP contribution in [0.4, 0.5) is 0 Å². The molecule has 0 saturated heterocycles. The molecule has 3 nitrogen and oxygen atoms in total. The van der Waals surface area contributed by atoms with E-state index in [1.54, 1.807) is 24.3 Å². The zero-order chi connectivity index (χ0) is 24.8. The SMILES string of the molecule is CC(C)Cc1ccc(O)cc1.CC(C)Cc1cccc(O)c1.CC(C)Cc1ccccc1O. The highest BCUT2D eigenvalue weighted by Crippen LogP contribution is 2.19. The molecular formula is C30H42O3. The molecule has 0 amide bonds. The van der Waals surface area contributed by atoms with Crippen molar-refractivity contribution < 1.29 is 15.3 Å². The summed E-state index contributed by atoms with van der Waals surface area (Å²) in [6.45, 7) is 13.0. The molecule has 0 bridgehead atoms. The van der Waals surface area contributed by atoms with Gasteiger partial charge in [0.1, 0.15) is 17.2 Å². The third kappa shape index (κ3) is 13.3. The van der Waals surface area contributed by atoms with Crippen LogP contribution in [0.15, 0.2) is 72.8 Å². The maximum absolute atomic E-state index is 9.36. The molecule has 0 spiro atoms. The molecule has 0 aliphatic heterocycles. The van der Waals surface area contributed by atoms with Crippen molar-refractivity contribution in [1.82, 2.24) is 0 Å². The van der Waals surface area contributed by atoms with E-state index in [2.05, 4.69) is 41.5 Å². The van der Waals surface area contributed by atoms with Crippen LogP contribution in [0.3, 0.4) is 0 Å². The van der Waals surface area contributed by atoms with Gasteiger partial charge in [-0.2, -0.15) is 0 Å². The Bertz CT molecular complexity index is 912. The molecular weight excluding hydrogens is 408 g/mol. The van der Waals surface area contributed by atoms with Crippen LogP contribution in [0.5, 0.6) is 17.2 Å². The van der Waals surface area contributed by atoms with Gasteiger partial charge in [0.15, 0.2) is 0 Å². The van der Waals surface area contributed by atoms with Crippen LogP contribution in [0.1, 0.15) is 58.2 Å². The highest BCUT2D eigenvalue weighted by atomic mass is 16.3. The van der Waals surface area contributed by atoms with Crippen molar-refractivity contribution >= 4 is 0 Å². The van der Waals surface area contributed by atoms with E-state index in [9.17, 15) is 5.11 Å². The largest absolute Gasteiger partial charge is 0.508 e. The lowest BCUT2D eigenvalue weighted by atomic mass is 10.0. The fourth-order valence-electron chi connectivity index (χ4n) is 3.38. The maximum Gasteiger partial charge on any atom is 0.118 e. The second-order valence-corrected chi connectivity index (χ2v) is 9.76. The van der Waals surface area contributed by atoms with E-state index in [1.165, 1.54) is 11.1 Å². The van der Waals surface area contributed by atoms with Gasteiger partial charge in [-0.1, -0.05) is 84.0 Å². The number of aromatic hydroxyl groups is 3. The van der Waals surface area contributed by atoms with Crippen molar-refractivity contribution in [3.8, 4) is 17.2 Å². The molecule has 180 valence electrons. The fourth-order valence-corrected chi connectivity index (χ4v) is 3.38. The second-order valence-electron chi connectivity index (χ2n) is 9.76. The number of hydrogen-bond acceptors (Lipinski definition) is 3. The number of phenols is 3. The summed E-state index contributed by atoms with van der Waals surface area (Å²) in [4.78, 5) is 0. The van der Waals surface area contributed by atoms with Crippen molar-refractivity contribution in [3.63, 3.8) is 0 Å². The van der Waals surface area contributed by atoms with Gasteiger partial charge in [0, 0.05) is 0 Å². The lowest BCUT2D eigenvalue weighted by Gasteiger charge is -2.05. The summed E-state index contributed by atoms with van der Waals surface area (Å²) in [6, 6.07) is 22.3. The highest BCUT2D eigenvalue weighted by Gasteiger charge is 2.01. The zero-order valence-electron chi connectivity index (χ0n) is 21.1. The molecule has 0 aliphatic rings. The number of rotatable bonds is 6. The zero-order valence-corrected chi connectivity index (χ0v) is 21.1. The first-order valence-corrected chi connectivity index (χ1v) is 11.9. The molecule has 0 atom stereocenters. The van der Waals surface area contributed by atoms with Crippen LogP contribution in [0, 0.1) is 17.8 Å². The average Bonchev–Trinajstić information content (AvgIpc) is 2.71. The lowest BCUT2D eigenvalue weighted by Crippen LogP contribution is -1.93. The monoisotopic (exact) mass is 450 g/mol. The Morgan fingerprint density at radius 2 is 1.06 bits per heavy atom. The van der Waals surface area contributed by atoms with Gasteiger partial charge in [-0.15, -0.1) is 0 Å². The Morgan fingerprint density at radius 1 is 0.515 bits per heavy atom. The van der Waals surface area contributed by atoms with Gasteiger partial charge >= 0.3 is 0 Å². The smallest absolute Gasteiger partial charge is 0.118 e. The van der Waals surface area contributed by atoms with E-state index < -0.39 is 0 Å². The first kappa shape index (κ1) is 28.1. The van der Waals surface area contributed by atoms with E-state index in [1.807, 2.05) is 48.5 Å². The Labute approximate surface area is 200 Å². The predicted octanol–water partition coefficient (Wildman–Crippen LogP) is 7.77. The molecule has 0 saturated carbocycles. The molecule has 0 unspecified atom stereocenters. The van der Waals surface area contributed by atoms with Crippen molar-refractivity contribution in [2.24, 2.45) is 17.8 Å². The predicted molar refractivity (Wildman–Crippen MR) is 140 cm³/mol. The highest BCUT2D eigenvalue weighted by molar-refractivity contribution is 5.32. The molecule has 3 N–H and O–H groups in total. The topological polar surface area (TPSA) is 60.7 Å². The van der Waals surface area contributed by atoms with Crippen molar-refractivity contribution in [2.75, 3.05) is 0 Å². The van der Waals surface area contributed by atoms with Gasteiger partial charge in [-0.25, -0.2) is 0 Å². The number of benzene rings is 3. The van der Waals surface area contributed by atoms with Crippen LogP contribution in [0.25, 0.3) is 0 Å². The Kier molecular flexibility index (Phi) is 12.8. The summed E-state index contributed by atoms with van der Waals surface area (Å²) in [5.41, 5.74) is 3.54. The number of para-hydroxylation sites is 1. The van der Waals surface area contributed by atoms with Gasteiger partial charge in [0.05, 0.1) is 0 Å². The first-order chi connectivity index (χ1) is 15.6. The lowest BCUT2D eigenvalue weighted by molar-refractivity contribution is 0.462.